The normalized spacial score (nSPS) is 11.0. The van der Waals surface area contributed by atoms with Crippen molar-refractivity contribution in [2.45, 2.75) is 19.8 Å². The molecule has 1 rings (SSSR count). The number of aryl methyl sites for hydroxylation is 1. The lowest BCUT2D eigenvalue weighted by atomic mass is 10.1. The van der Waals surface area contributed by atoms with Crippen LogP contribution in [-0.4, -0.2) is 52.2 Å². The minimum Gasteiger partial charge on any atom is -0.373 e. The molecule has 0 atom stereocenters. The highest BCUT2D eigenvalue weighted by molar-refractivity contribution is 5.46. The first-order valence-corrected chi connectivity index (χ1v) is 7.29. The molecule has 0 amide bonds. The summed E-state index contributed by atoms with van der Waals surface area (Å²) in [7, 11) is 6.39. The monoisotopic (exact) mass is 263 g/mol. The second-order valence-electron chi connectivity index (χ2n) is 5.35. The third-order valence-electron chi connectivity index (χ3n) is 3.37. The fourth-order valence-electron chi connectivity index (χ4n) is 2.01. The number of anilines is 1. The van der Waals surface area contributed by atoms with Crippen LogP contribution < -0.4 is 10.2 Å². The van der Waals surface area contributed by atoms with Crippen LogP contribution in [0.3, 0.4) is 0 Å². The van der Waals surface area contributed by atoms with E-state index in [1.165, 1.54) is 17.7 Å². The van der Waals surface area contributed by atoms with E-state index >= 15 is 0 Å². The van der Waals surface area contributed by atoms with Gasteiger partial charge in [-0.2, -0.15) is 0 Å². The van der Waals surface area contributed by atoms with Crippen molar-refractivity contribution in [3.8, 4) is 0 Å². The van der Waals surface area contributed by atoms with Crippen LogP contribution in [0.25, 0.3) is 0 Å². The summed E-state index contributed by atoms with van der Waals surface area (Å²) in [5.41, 5.74) is 2.70. The molecule has 0 saturated carbocycles. The molecule has 0 aliphatic heterocycles. The van der Waals surface area contributed by atoms with E-state index in [0.717, 1.165) is 32.6 Å². The van der Waals surface area contributed by atoms with Gasteiger partial charge in [0.2, 0.25) is 0 Å². The number of rotatable bonds is 9. The highest BCUT2D eigenvalue weighted by Crippen LogP contribution is 2.13. The van der Waals surface area contributed by atoms with E-state index in [2.05, 4.69) is 67.4 Å². The zero-order valence-corrected chi connectivity index (χ0v) is 12.9. The maximum Gasteiger partial charge on any atom is 0.0364 e. The number of nitrogens with zero attached hydrogens (tertiary/aromatic N) is 2. The van der Waals surface area contributed by atoms with Crippen molar-refractivity contribution in [2.75, 3.05) is 52.2 Å². The summed E-state index contributed by atoms with van der Waals surface area (Å²) in [4.78, 5) is 4.53. The lowest BCUT2D eigenvalue weighted by Gasteiger charge is -2.20. The molecular weight excluding hydrogens is 234 g/mol. The largest absolute Gasteiger partial charge is 0.373 e. The Labute approximate surface area is 118 Å². The smallest absolute Gasteiger partial charge is 0.0364 e. The number of nitrogens with one attached hydrogen (secondary N) is 1. The van der Waals surface area contributed by atoms with Gasteiger partial charge in [0.05, 0.1) is 0 Å². The molecule has 3 heteroatoms. The molecule has 1 aromatic carbocycles. The van der Waals surface area contributed by atoms with E-state index < -0.39 is 0 Å². The molecule has 0 aromatic heterocycles. The van der Waals surface area contributed by atoms with Gasteiger partial charge in [-0.15, -0.1) is 0 Å². The Morgan fingerprint density at radius 2 is 1.63 bits per heavy atom. The number of hydrogen-bond acceptors (Lipinski definition) is 3. The highest BCUT2D eigenvalue weighted by atomic mass is 15.1. The van der Waals surface area contributed by atoms with Crippen LogP contribution in [0.2, 0.25) is 0 Å². The van der Waals surface area contributed by atoms with E-state index in [-0.39, 0.29) is 0 Å². The molecule has 0 unspecified atom stereocenters. The van der Waals surface area contributed by atoms with E-state index in [9.17, 15) is 0 Å². The Balaban J connectivity index is 2.17. The predicted octanol–water partition coefficient (Wildman–Crippen LogP) is 2.23. The molecule has 0 spiro atoms. The summed E-state index contributed by atoms with van der Waals surface area (Å²) in [5.74, 6) is 0. The summed E-state index contributed by atoms with van der Waals surface area (Å²) >= 11 is 0. The molecule has 0 radical (unpaired) electrons. The van der Waals surface area contributed by atoms with Crippen LogP contribution in [0.5, 0.6) is 0 Å². The van der Waals surface area contributed by atoms with Crippen LogP contribution in [-0.2, 0) is 6.42 Å². The lowest BCUT2D eigenvalue weighted by Crippen LogP contribution is -2.30. The van der Waals surface area contributed by atoms with Crippen molar-refractivity contribution < 1.29 is 0 Å². The molecular formula is C16H29N3. The van der Waals surface area contributed by atoms with Crippen molar-refractivity contribution in [3.05, 3.63) is 29.8 Å². The minimum absolute atomic E-state index is 1.04. The molecule has 108 valence electrons. The highest BCUT2D eigenvalue weighted by Gasteiger charge is 2.00. The van der Waals surface area contributed by atoms with Gasteiger partial charge in [-0.3, -0.25) is 0 Å². The molecule has 0 bridgehead atoms. The van der Waals surface area contributed by atoms with E-state index in [0.29, 0.717) is 0 Å². The van der Waals surface area contributed by atoms with Crippen LogP contribution in [0.15, 0.2) is 24.3 Å². The molecule has 0 aliphatic rings. The van der Waals surface area contributed by atoms with Gasteiger partial charge in [0.1, 0.15) is 0 Å². The fourth-order valence-corrected chi connectivity index (χ4v) is 2.01. The Hall–Kier alpha value is -1.06. The Bertz CT molecular complexity index is 332. The molecule has 3 nitrogen and oxygen atoms in total. The SMILES string of the molecule is CCc1ccc(N(C)CCNCCCN(C)C)cc1. The standard InChI is InChI=1S/C16H29N3/c1-5-15-7-9-16(10-8-15)19(4)14-12-17-11-6-13-18(2)3/h7-10,17H,5-6,11-14H2,1-4H3. The van der Waals surface area contributed by atoms with Gasteiger partial charge in [0.15, 0.2) is 0 Å². The average molecular weight is 263 g/mol. The van der Waals surface area contributed by atoms with Crippen molar-refractivity contribution in [3.63, 3.8) is 0 Å². The first kappa shape index (κ1) is 16.0. The molecule has 0 fully saturated rings. The van der Waals surface area contributed by atoms with Gasteiger partial charge < -0.3 is 15.1 Å². The average Bonchev–Trinajstić information content (AvgIpc) is 2.42. The Kier molecular flexibility index (Phi) is 7.53. The fraction of sp³-hybridized carbons (Fsp3) is 0.625. The Morgan fingerprint density at radius 3 is 2.21 bits per heavy atom. The number of hydrogen-bond donors (Lipinski definition) is 1. The van der Waals surface area contributed by atoms with Gasteiger partial charge in [0, 0.05) is 25.8 Å². The number of likely N-dealkylation sites (N-methyl/N-ethyl adjacent to an activating group) is 1. The van der Waals surface area contributed by atoms with Crippen LogP contribution in [0.4, 0.5) is 5.69 Å². The third-order valence-corrected chi connectivity index (χ3v) is 3.37. The predicted molar refractivity (Wildman–Crippen MR) is 85.1 cm³/mol. The summed E-state index contributed by atoms with van der Waals surface area (Å²) in [6, 6.07) is 8.86. The van der Waals surface area contributed by atoms with Gasteiger partial charge in [-0.25, -0.2) is 0 Å². The molecule has 0 heterocycles. The third kappa shape index (κ3) is 6.60. The topological polar surface area (TPSA) is 18.5 Å². The quantitative estimate of drug-likeness (QED) is 0.689. The summed E-state index contributed by atoms with van der Waals surface area (Å²) in [6.07, 6.45) is 2.32. The van der Waals surface area contributed by atoms with Crippen molar-refractivity contribution in [1.29, 1.82) is 0 Å². The van der Waals surface area contributed by atoms with E-state index in [4.69, 9.17) is 0 Å². The summed E-state index contributed by atoms with van der Waals surface area (Å²) in [6.45, 7) is 6.53. The first-order chi connectivity index (χ1) is 9.13. The molecule has 1 N–H and O–H groups in total. The van der Waals surface area contributed by atoms with Crippen LogP contribution >= 0.6 is 0 Å². The zero-order valence-electron chi connectivity index (χ0n) is 12.9. The van der Waals surface area contributed by atoms with Crippen LogP contribution in [0.1, 0.15) is 18.9 Å². The maximum atomic E-state index is 3.50. The zero-order chi connectivity index (χ0) is 14.1. The molecule has 0 aliphatic carbocycles. The van der Waals surface area contributed by atoms with Gasteiger partial charge in [-0.1, -0.05) is 19.1 Å². The second kappa shape index (κ2) is 8.94. The molecule has 19 heavy (non-hydrogen) atoms. The second-order valence-corrected chi connectivity index (χ2v) is 5.35. The Morgan fingerprint density at radius 1 is 0.947 bits per heavy atom. The first-order valence-electron chi connectivity index (χ1n) is 7.29. The number of benzene rings is 1. The van der Waals surface area contributed by atoms with Crippen molar-refractivity contribution in [1.82, 2.24) is 10.2 Å². The van der Waals surface area contributed by atoms with Gasteiger partial charge in [0.25, 0.3) is 0 Å². The van der Waals surface area contributed by atoms with Crippen LogP contribution in [0, 0.1) is 0 Å². The lowest BCUT2D eigenvalue weighted by molar-refractivity contribution is 0.395. The summed E-state index contributed by atoms with van der Waals surface area (Å²) < 4.78 is 0. The van der Waals surface area contributed by atoms with Gasteiger partial charge >= 0.3 is 0 Å². The van der Waals surface area contributed by atoms with E-state index in [1.807, 2.05) is 0 Å². The minimum atomic E-state index is 1.04. The van der Waals surface area contributed by atoms with Crippen molar-refractivity contribution >= 4 is 5.69 Å². The van der Waals surface area contributed by atoms with E-state index in [1.54, 1.807) is 0 Å². The van der Waals surface area contributed by atoms with Gasteiger partial charge in [-0.05, 0) is 57.7 Å². The van der Waals surface area contributed by atoms with Crippen molar-refractivity contribution in [2.24, 2.45) is 0 Å². The molecule has 1 aromatic rings. The molecule has 0 saturated heterocycles. The summed E-state index contributed by atoms with van der Waals surface area (Å²) in [5, 5.41) is 3.50. The maximum absolute atomic E-state index is 3.50.